The van der Waals surface area contributed by atoms with Crippen molar-refractivity contribution in [1.82, 2.24) is 4.13 Å². The Bertz CT molecular complexity index is 723. The lowest BCUT2D eigenvalue weighted by molar-refractivity contribution is -0.111. The molecule has 110 valence electrons. The molecule has 0 atom stereocenters. The molecule has 20 heavy (non-hydrogen) atoms. The Morgan fingerprint density at radius 2 is 1.95 bits per heavy atom. The van der Waals surface area contributed by atoms with E-state index >= 15 is 0 Å². The molecule has 0 aliphatic carbocycles. The number of nitrogens with one attached hydrogen (secondary N) is 2. The van der Waals surface area contributed by atoms with Crippen molar-refractivity contribution in [3.8, 4) is 0 Å². The summed E-state index contributed by atoms with van der Waals surface area (Å²) in [6.45, 7) is 3.29. The van der Waals surface area contributed by atoms with Gasteiger partial charge in [-0.1, -0.05) is 18.7 Å². The quantitative estimate of drug-likeness (QED) is 0.728. The van der Waals surface area contributed by atoms with Gasteiger partial charge in [0.2, 0.25) is 26.0 Å². The number of sulfonamides is 2. The number of hydrogen-bond donors (Lipinski definition) is 2. The molecule has 1 aromatic carbocycles. The van der Waals surface area contributed by atoms with Crippen molar-refractivity contribution >= 4 is 31.6 Å². The zero-order valence-corrected chi connectivity index (χ0v) is 12.3. The second-order valence-corrected chi connectivity index (χ2v) is 7.74. The molecule has 0 aromatic heterocycles. The highest BCUT2D eigenvalue weighted by atomic mass is 32.3. The number of carbonyl (C=O) groups is 1. The molecule has 0 spiro atoms. The summed E-state index contributed by atoms with van der Waals surface area (Å²) >= 11 is 0. The molecule has 0 aliphatic heterocycles. The summed E-state index contributed by atoms with van der Waals surface area (Å²) < 4.78 is 46.6. The monoisotopic (exact) mass is 318 g/mol. The van der Waals surface area contributed by atoms with Crippen LogP contribution in [0.5, 0.6) is 0 Å². The van der Waals surface area contributed by atoms with Gasteiger partial charge in [-0.25, -0.2) is 16.8 Å². The fraction of sp³-hybridized carbons (Fsp3) is 0.182. The maximum atomic E-state index is 11.6. The van der Waals surface area contributed by atoms with Crippen LogP contribution in [0.3, 0.4) is 0 Å². The molecule has 0 saturated carbocycles. The summed E-state index contributed by atoms with van der Waals surface area (Å²) in [5.41, 5.74) is 0.727. The second kappa shape index (κ2) is 6.16. The van der Waals surface area contributed by atoms with Crippen molar-refractivity contribution in [2.24, 2.45) is 0 Å². The summed E-state index contributed by atoms with van der Waals surface area (Å²) in [6.07, 6.45) is 1.83. The third kappa shape index (κ3) is 5.95. The second-order valence-electron chi connectivity index (χ2n) is 4.01. The van der Waals surface area contributed by atoms with E-state index in [1.165, 1.54) is 12.1 Å². The van der Waals surface area contributed by atoms with Crippen LogP contribution in [0.15, 0.2) is 36.9 Å². The van der Waals surface area contributed by atoms with Crippen LogP contribution in [0.1, 0.15) is 5.56 Å². The standard InChI is InChI=1S/C11H14N2O5S2/c1-3-11(14)12-10-6-4-5-9(7-10)8-20(17,18)13-19(2,15)16/h3-7,13H,1,8H2,2H3,(H,12,14). The van der Waals surface area contributed by atoms with Crippen molar-refractivity contribution in [3.05, 3.63) is 42.5 Å². The van der Waals surface area contributed by atoms with Crippen LogP contribution in [0, 0.1) is 0 Å². The van der Waals surface area contributed by atoms with Crippen LogP contribution in [0.2, 0.25) is 0 Å². The number of amides is 1. The molecule has 7 nitrogen and oxygen atoms in total. The molecule has 2 N–H and O–H groups in total. The van der Waals surface area contributed by atoms with Gasteiger partial charge >= 0.3 is 0 Å². The van der Waals surface area contributed by atoms with E-state index in [0.29, 0.717) is 11.3 Å². The molecule has 1 aromatic rings. The first-order valence-electron chi connectivity index (χ1n) is 5.35. The topological polar surface area (TPSA) is 109 Å². The molecule has 0 bridgehead atoms. The SMILES string of the molecule is C=CC(=O)Nc1cccc(CS(=O)(=O)NS(C)(=O)=O)c1. The lowest BCUT2D eigenvalue weighted by Crippen LogP contribution is -2.30. The smallest absolute Gasteiger partial charge is 0.247 e. The molecule has 1 amide bonds. The average Bonchev–Trinajstić information content (AvgIpc) is 2.25. The highest BCUT2D eigenvalue weighted by Gasteiger charge is 2.17. The fourth-order valence-corrected chi connectivity index (χ4v) is 4.11. The molecule has 0 aliphatic rings. The molecular weight excluding hydrogens is 304 g/mol. The Labute approximate surface area is 117 Å². The van der Waals surface area contributed by atoms with Crippen LogP contribution < -0.4 is 9.44 Å². The number of anilines is 1. The lowest BCUT2D eigenvalue weighted by Gasteiger charge is -2.07. The van der Waals surface area contributed by atoms with Gasteiger partial charge in [0.25, 0.3) is 0 Å². The number of benzene rings is 1. The van der Waals surface area contributed by atoms with E-state index in [0.717, 1.165) is 12.3 Å². The maximum absolute atomic E-state index is 11.6. The minimum Gasteiger partial charge on any atom is -0.323 e. The Morgan fingerprint density at radius 1 is 1.30 bits per heavy atom. The third-order valence-electron chi connectivity index (χ3n) is 2.01. The summed E-state index contributed by atoms with van der Waals surface area (Å²) in [4.78, 5) is 11.1. The van der Waals surface area contributed by atoms with Crippen LogP contribution in [-0.4, -0.2) is 29.0 Å². The van der Waals surface area contributed by atoms with Crippen molar-refractivity contribution in [3.63, 3.8) is 0 Å². The van der Waals surface area contributed by atoms with Gasteiger partial charge in [0.15, 0.2) is 0 Å². The Hall–Kier alpha value is -1.71. The first kappa shape index (κ1) is 16.3. The van der Waals surface area contributed by atoms with Crippen molar-refractivity contribution in [2.45, 2.75) is 5.75 Å². The average molecular weight is 318 g/mol. The molecule has 9 heteroatoms. The Morgan fingerprint density at radius 3 is 2.50 bits per heavy atom. The molecule has 0 fully saturated rings. The van der Waals surface area contributed by atoms with Gasteiger partial charge in [-0.15, -0.1) is 4.13 Å². The highest BCUT2D eigenvalue weighted by Crippen LogP contribution is 2.13. The van der Waals surface area contributed by atoms with Gasteiger partial charge in [-0.05, 0) is 23.8 Å². The van der Waals surface area contributed by atoms with E-state index in [4.69, 9.17) is 0 Å². The normalized spacial score (nSPS) is 11.8. The Balaban J connectivity index is 2.91. The summed E-state index contributed by atoms with van der Waals surface area (Å²) in [7, 11) is -7.87. The zero-order valence-electron chi connectivity index (χ0n) is 10.7. The van der Waals surface area contributed by atoms with Crippen molar-refractivity contribution in [1.29, 1.82) is 0 Å². The molecule has 1 rings (SSSR count). The molecule has 0 saturated heterocycles. The van der Waals surface area contributed by atoms with E-state index in [1.54, 1.807) is 16.3 Å². The number of carbonyl (C=O) groups excluding carboxylic acids is 1. The van der Waals surface area contributed by atoms with E-state index < -0.39 is 31.7 Å². The summed E-state index contributed by atoms with van der Waals surface area (Å²) in [5.74, 6) is -0.947. The van der Waals surface area contributed by atoms with Crippen LogP contribution in [0.25, 0.3) is 0 Å². The van der Waals surface area contributed by atoms with Crippen molar-refractivity contribution < 1.29 is 21.6 Å². The summed E-state index contributed by atoms with van der Waals surface area (Å²) in [5, 5.41) is 2.48. The molecule has 0 heterocycles. The zero-order chi connectivity index (χ0) is 15.4. The predicted octanol–water partition coefficient (Wildman–Crippen LogP) is 0.190. The largest absolute Gasteiger partial charge is 0.323 e. The first-order valence-corrected chi connectivity index (χ1v) is 8.89. The van der Waals surface area contributed by atoms with Gasteiger partial charge in [0, 0.05) is 5.69 Å². The summed E-state index contributed by atoms with van der Waals surface area (Å²) in [6, 6.07) is 6.06. The van der Waals surface area contributed by atoms with Gasteiger partial charge in [0.05, 0.1) is 12.0 Å². The number of hydrogen-bond acceptors (Lipinski definition) is 5. The van der Waals surface area contributed by atoms with Crippen LogP contribution in [-0.2, 0) is 30.6 Å². The maximum Gasteiger partial charge on any atom is 0.247 e. The van der Waals surface area contributed by atoms with Crippen LogP contribution >= 0.6 is 0 Å². The van der Waals surface area contributed by atoms with Crippen LogP contribution in [0.4, 0.5) is 5.69 Å². The van der Waals surface area contributed by atoms with E-state index in [-0.39, 0.29) is 0 Å². The third-order valence-corrected chi connectivity index (χ3v) is 4.96. The first-order chi connectivity index (χ1) is 9.11. The highest BCUT2D eigenvalue weighted by molar-refractivity contribution is 8.04. The van der Waals surface area contributed by atoms with E-state index in [1.807, 2.05) is 0 Å². The lowest BCUT2D eigenvalue weighted by atomic mass is 10.2. The fourth-order valence-electron chi connectivity index (χ4n) is 1.41. The molecular formula is C11H14N2O5S2. The van der Waals surface area contributed by atoms with Gasteiger partial charge in [0.1, 0.15) is 0 Å². The predicted molar refractivity (Wildman–Crippen MR) is 75.9 cm³/mol. The minimum atomic E-state index is -4.01. The molecule has 0 radical (unpaired) electrons. The minimum absolute atomic E-state index is 0.336. The van der Waals surface area contributed by atoms with Gasteiger partial charge in [-0.3, -0.25) is 4.79 Å². The van der Waals surface area contributed by atoms with E-state index in [2.05, 4.69) is 11.9 Å². The Kier molecular flexibility index (Phi) is 5.03. The van der Waals surface area contributed by atoms with Crippen molar-refractivity contribution in [2.75, 3.05) is 11.6 Å². The van der Waals surface area contributed by atoms with E-state index in [9.17, 15) is 21.6 Å². The number of rotatable bonds is 6. The van der Waals surface area contributed by atoms with Gasteiger partial charge < -0.3 is 5.32 Å². The van der Waals surface area contributed by atoms with Gasteiger partial charge in [-0.2, -0.15) is 0 Å². The molecule has 0 unspecified atom stereocenters.